The molecule has 1 heterocycles. The van der Waals surface area contributed by atoms with E-state index in [9.17, 15) is 13.2 Å². The molecule has 0 radical (unpaired) electrons. The molecule has 2 aromatic rings. The number of fused-ring (bicyclic) bond motifs is 1. The van der Waals surface area contributed by atoms with Crippen molar-refractivity contribution in [2.45, 2.75) is 24.8 Å². The summed E-state index contributed by atoms with van der Waals surface area (Å²) in [6.45, 7) is 3.11. The van der Waals surface area contributed by atoms with Crippen molar-refractivity contribution in [3.05, 3.63) is 23.2 Å². The van der Waals surface area contributed by atoms with E-state index in [1.54, 1.807) is 6.07 Å². The zero-order chi connectivity index (χ0) is 14.2. The van der Waals surface area contributed by atoms with Crippen LogP contribution >= 0.6 is 11.3 Å². The smallest absolute Gasteiger partial charge is 0.321 e. The van der Waals surface area contributed by atoms with E-state index in [1.165, 1.54) is 30.4 Å². The number of aromatic nitrogens is 1. The number of aliphatic carboxylic acids is 1. The van der Waals surface area contributed by atoms with Crippen molar-refractivity contribution in [1.82, 2.24) is 9.71 Å². The van der Waals surface area contributed by atoms with E-state index >= 15 is 0 Å². The van der Waals surface area contributed by atoms with Crippen LogP contribution in [-0.2, 0) is 14.8 Å². The molecule has 0 bridgehead atoms. The van der Waals surface area contributed by atoms with E-state index in [0.717, 1.165) is 15.2 Å². The van der Waals surface area contributed by atoms with Gasteiger partial charge in [0.05, 0.1) is 20.1 Å². The van der Waals surface area contributed by atoms with E-state index in [-0.39, 0.29) is 4.90 Å². The Morgan fingerprint density at radius 2 is 2.16 bits per heavy atom. The zero-order valence-electron chi connectivity index (χ0n) is 10.2. The summed E-state index contributed by atoms with van der Waals surface area (Å²) in [7, 11) is -3.84. The van der Waals surface area contributed by atoms with Gasteiger partial charge >= 0.3 is 5.97 Å². The number of nitrogens with one attached hydrogen (secondary N) is 1. The third-order valence-electron chi connectivity index (χ3n) is 2.48. The Labute approximate surface area is 114 Å². The molecule has 0 saturated carbocycles. The first kappa shape index (κ1) is 13.9. The van der Waals surface area contributed by atoms with Gasteiger partial charge in [-0.1, -0.05) is 0 Å². The first-order chi connectivity index (χ1) is 8.79. The van der Waals surface area contributed by atoms with Crippen LogP contribution in [0.3, 0.4) is 0 Å². The molecule has 0 aliphatic carbocycles. The van der Waals surface area contributed by atoms with E-state index in [2.05, 4.69) is 9.71 Å². The van der Waals surface area contributed by atoms with Crippen molar-refractivity contribution < 1.29 is 18.3 Å². The van der Waals surface area contributed by atoms with Crippen molar-refractivity contribution in [2.75, 3.05) is 0 Å². The molecule has 6 nitrogen and oxygen atoms in total. The zero-order valence-corrected chi connectivity index (χ0v) is 11.9. The molecular formula is C11H12N2O4S2. The summed E-state index contributed by atoms with van der Waals surface area (Å²) >= 11 is 1.39. The van der Waals surface area contributed by atoms with Gasteiger partial charge in [-0.15, -0.1) is 11.3 Å². The lowest BCUT2D eigenvalue weighted by Crippen LogP contribution is -2.38. The quantitative estimate of drug-likeness (QED) is 0.888. The van der Waals surface area contributed by atoms with Crippen molar-refractivity contribution >= 4 is 37.5 Å². The van der Waals surface area contributed by atoms with E-state index in [0.29, 0.717) is 0 Å². The molecule has 0 spiro atoms. The second-order valence-electron chi connectivity index (χ2n) is 4.04. The van der Waals surface area contributed by atoms with Gasteiger partial charge in [0.15, 0.2) is 0 Å². The molecule has 2 rings (SSSR count). The van der Waals surface area contributed by atoms with Gasteiger partial charge in [0.1, 0.15) is 6.04 Å². The molecule has 102 valence electrons. The topological polar surface area (TPSA) is 96.4 Å². The van der Waals surface area contributed by atoms with Crippen LogP contribution in [0.25, 0.3) is 10.2 Å². The molecule has 0 aliphatic heterocycles. The first-order valence-electron chi connectivity index (χ1n) is 5.42. The maximum atomic E-state index is 12.0. The van der Waals surface area contributed by atoms with Crippen LogP contribution in [0.1, 0.15) is 11.9 Å². The number of thiazole rings is 1. The fraction of sp³-hybridized carbons (Fsp3) is 0.273. The second kappa shape index (κ2) is 4.87. The average Bonchev–Trinajstić information content (AvgIpc) is 2.67. The molecule has 1 unspecified atom stereocenters. The number of nitrogens with zero attached hydrogens (tertiary/aromatic N) is 1. The van der Waals surface area contributed by atoms with E-state index < -0.39 is 22.0 Å². The number of carboxylic acid groups (broad SMARTS) is 1. The molecule has 1 aromatic heterocycles. The predicted molar refractivity (Wildman–Crippen MR) is 71.8 cm³/mol. The molecule has 0 fully saturated rings. The normalized spacial score (nSPS) is 13.6. The minimum Gasteiger partial charge on any atom is -0.480 e. The minimum atomic E-state index is -3.84. The number of hydrogen-bond acceptors (Lipinski definition) is 5. The largest absolute Gasteiger partial charge is 0.480 e. The maximum Gasteiger partial charge on any atom is 0.321 e. The van der Waals surface area contributed by atoms with Crippen LogP contribution in [0.4, 0.5) is 0 Å². The predicted octanol–water partition coefficient (Wildman–Crippen LogP) is 1.36. The molecule has 1 atom stereocenters. The van der Waals surface area contributed by atoms with Crippen molar-refractivity contribution in [3.8, 4) is 0 Å². The lowest BCUT2D eigenvalue weighted by Gasteiger charge is -2.09. The Balaban J connectivity index is 2.39. The summed E-state index contributed by atoms with van der Waals surface area (Å²) < 4.78 is 26.9. The van der Waals surface area contributed by atoms with Crippen molar-refractivity contribution in [1.29, 1.82) is 0 Å². The van der Waals surface area contributed by atoms with Crippen LogP contribution in [0, 0.1) is 6.92 Å². The Morgan fingerprint density at radius 1 is 1.47 bits per heavy atom. The van der Waals surface area contributed by atoms with Gasteiger partial charge in [-0.05, 0) is 32.0 Å². The van der Waals surface area contributed by atoms with Gasteiger partial charge in [0.2, 0.25) is 10.0 Å². The molecule has 2 N–H and O–H groups in total. The SMILES string of the molecule is Cc1nc2ccc(S(=O)(=O)NC(C)C(=O)O)cc2s1. The number of carboxylic acids is 1. The van der Waals surface area contributed by atoms with Crippen molar-refractivity contribution in [3.63, 3.8) is 0 Å². The summed E-state index contributed by atoms with van der Waals surface area (Å²) in [5.74, 6) is -1.22. The highest BCUT2D eigenvalue weighted by molar-refractivity contribution is 7.89. The minimum absolute atomic E-state index is 0.0387. The van der Waals surface area contributed by atoms with Gasteiger partial charge in [0.25, 0.3) is 0 Å². The highest BCUT2D eigenvalue weighted by Crippen LogP contribution is 2.24. The number of aryl methyl sites for hydroxylation is 1. The standard InChI is InChI=1S/C11H12N2O4S2/c1-6(11(14)15)13-19(16,17)8-3-4-9-10(5-8)18-7(2)12-9/h3-6,13H,1-2H3,(H,14,15). The molecule has 0 amide bonds. The summed E-state index contributed by atoms with van der Waals surface area (Å²) in [5, 5.41) is 9.58. The van der Waals surface area contributed by atoms with Crippen LogP contribution in [0.5, 0.6) is 0 Å². The van der Waals surface area contributed by atoms with Crippen LogP contribution < -0.4 is 4.72 Å². The fourth-order valence-corrected chi connectivity index (χ4v) is 3.70. The third-order valence-corrected chi connectivity index (χ3v) is 4.95. The molecule has 1 aromatic carbocycles. The molecule has 0 saturated heterocycles. The summed E-state index contributed by atoms with van der Waals surface area (Å²) in [6, 6.07) is 3.35. The monoisotopic (exact) mass is 300 g/mol. The van der Waals surface area contributed by atoms with E-state index in [1.807, 2.05) is 6.92 Å². The van der Waals surface area contributed by atoms with E-state index in [4.69, 9.17) is 5.11 Å². The van der Waals surface area contributed by atoms with Crippen LogP contribution in [0.2, 0.25) is 0 Å². The maximum absolute atomic E-state index is 12.0. The second-order valence-corrected chi connectivity index (χ2v) is 6.99. The fourth-order valence-electron chi connectivity index (χ4n) is 1.54. The highest BCUT2D eigenvalue weighted by atomic mass is 32.2. The highest BCUT2D eigenvalue weighted by Gasteiger charge is 2.21. The van der Waals surface area contributed by atoms with Gasteiger partial charge in [0, 0.05) is 0 Å². The Bertz CT molecular complexity index is 736. The lowest BCUT2D eigenvalue weighted by molar-refractivity contribution is -0.138. The molecule has 0 aliphatic rings. The Morgan fingerprint density at radius 3 is 2.79 bits per heavy atom. The lowest BCUT2D eigenvalue weighted by atomic mass is 10.3. The molecule has 8 heteroatoms. The van der Waals surface area contributed by atoms with Gasteiger partial charge in [-0.2, -0.15) is 4.72 Å². The van der Waals surface area contributed by atoms with Gasteiger partial charge in [-0.3, -0.25) is 4.79 Å². The third kappa shape index (κ3) is 2.91. The van der Waals surface area contributed by atoms with Crippen molar-refractivity contribution in [2.24, 2.45) is 0 Å². The molecular weight excluding hydrogens is 288 g/mol. The summed E-state index contributed by atoms with van der Waals surface area (Å²) in [6.07, 6.45) is 0. The summed E-state index contributed by atoms with van der Waals surface area (Å²) in [4.78, 5) is 15.0. The number of sulfonamides is 1. The number of hydrogen-bond donors (Lipinski definition) is 2. The Hall–Kier alpha value is -1.51. The van der Waals surface area contributed by atoms with Gasteiger partial charge < -0.3 is 5.11 Å². The number of benzene rings is 1. The first-order valence-corrected chi connectivity index (χ1v) is 7.72. The Kier molecular flexibility index (Phi) is 3.57. The summed E-state index contributed by atoms with van der Waals surface area (Å²) in [5.41, 5.74) is 0.729. The van der Waals surface area contributed by atoms with Crippen LogP contribution in [0.15, 0.2) is 23.1 Å². The average molecular weight is 300 g/mol. The molecule has 19 heavy (non-hydrogen) atoms. The van der Waals surface area contributed by atoms with Gasteiger partial charge in [-0.25, -0.2) is 13.4 Å². The van der Waals surface area contributed by atoms with Crippen LogP contribution in [-0.4, -0.2) is 30.5 Å². The number of carbonyl (C=O) groups is 1. The number of rotatable bonds is 4.